The molecule has 0 aliphatic rings. The number of hydrogen-bond donors (Lipinski definition) is 3. The number of thioether (sulfide) groups is 1. The first kappa shape index (κ1) is 13.2. The van der Waals surface area contributed by atoms with Crippen LogP contribution in [0.15, 0.2) is 0 Å². The lowest BCUT2D eigenvalue weighted by molar-refractivity contribution is -0.133. The van der Waals surface area contributed by atoms with Crippen molar-refractivity contribution >= 4 is 23.6 Å². The summed E-state index contributed by atoms with van der Waals surface area (Å²) in [5, 5.41) is 11.0. The van der Waals surface area contributed by atoms with E-state index >= 15 is 0 Å². The molecule has 0 fully saturated rings. The molecule has 0 heterocycles. The number of rotatable bonds is 8. The Bertz CT molecular complexity index is 187. The average molecular weight is 220 g/mol. The van der Waals surface area contributed by atoms with Crippen molar-refractivity contribution in [2.75, 3.05) is 24.6 Å². The average Bonchev–Trinajstić information content (AvgIpc) is 2.12. The number of carboxylic acid groups (broad SMARTS) is 1. The van der Waals surface area contributed by atoms with Crippen LogP contribution >= 0.6 is 11.8 Å². The molecule has 0 aromatic rings. The maximum atomic E-state index is 11.0. The van der Waals surface area contributed by atoms with Crippen molar-refractivity contribution in [1.82, 2.24) is 5.32 Å². The van der Waals surface area contributed by atoms with Gasteiger partial charge in [-0.1, -0.05) is 0 Å². The Balaban J connectivity index is 3.24. The topological polar surface area (TPSA) is 92.4 Å². The molecule has 0 saturated carbocycles. The van der Waals surface area contributed by atoms with Gasteiger partial charge in [0.1, 0.15) is 0 Å². The van der Waals surface area contributed by atoms with Gasteiger partial charge in [-0.25, -0.2) is 0 Å². The lowest BCUT2D eigenvalue weighted by atomic mass is 10.3. The first-order chi connectivity index (χ1) is 6.66. The molecule has 0 spiro atoms. The first-order valence-corrected chi connectivity index (χ1v) is 5.58. The molecule has 14 heavy (non-hydrogen) atoms. The molecule has 1 amide bonds. The first-order valence-electron chi connectivity index (χ1n) is 4.43. The maximum Gasteiger partial charge on any atom is 0.313 e. The highest BCUT2D eigenvalue weighted by Crippen LogP contribution is 1.97. The van der Waals surface area contributed by atoms with Gasteiger partial charge in [-0.2, -0.15) is 0 Å². The van der Waals surface area contributed by atoms with Crippen LogP contribution in [0.4, 0.5) is 0 Å². The molecule has 0 radical (unpaired) electrons. The van der Waals surface area contributed by atoms with Crippen LogP contribution in [0.5, 0.6) is 0 Å². The minimum atomic E-state index is -0.897. The number of amides is 1. The van der Waals surface area contributed by atoms with E-state index in [4.69, 9.17) is 10.8 Å². The third kappa shape index (κ3) is 9.34. The van der Waals surface area contributed by atoms with E-state index in [0.29, 0.717) is 13.1 Å². The van der Waals surface area contributed by atoms with Gasteiger partial charge >= 0.3 is 5.97 Å². The van der Waals surface area contributed by atoms with Crippen molar-refractivity contribution in [3.8, 4) is 0 Å². The second-order valence-electron chi connectivity index (χ2n) is 2.73. The minimum absolute atomic E-state index is 0.0315. The van der Waals surface area contributed by atoms with Gasteiger partial charge in [0.15, 0.2) is 0 Å². The Hall–Kier alpha value is -0.750. The van der Waals surface area contributed by atoms with Gasteiger partial charge < -0.3 is 16.2 Å². The summed E-state index contributed by atoms with van der Waals surface area (Å²) in [4.78, 5) is 21.1. The maximum absolute atomic E-state index is 11.0. The van der Waals surface area contributed by atoms with Crippen LogP contribution in [0.1, 0.15) is 12.8 Å². The summed E-state index contributed by atoms with van der Waals surface area (Å²) in [7, 11) is 0. The van der Waals surface area contributed by atoms with Crippen LogP contribution in [-0.2, 0) is 9.59 Å². The quantitative estimate of drug-likeness (QED) is 0.487. The summed E-state index contributed by atoms with van der Waals surface area (Å²) in [6.07, 6.45) is 1.76. The monoisotopic (exact) mass is 220 g/mol. The van der Waals surface area contributed by atoms with Gasteiger partial charge in [0, 0.05) is 6.54 Å². The molecule has 0 unspecified atom stereocenters. The molecule has 0 saturated heterocycles. The molecule has 82 valence electrons. The number of carboxylic acids is 1. The van der Waals surface area contributed by atoms with Gasteiger partial charge in [-0.15, -0.1) is 11.8 Å². The van der Waals surface area contributed by atoms with Crippen LogP contribution in [0, 0.1) is 0 Å². The predicted octanol–water partition coefficient (Wildman–Crippen LogP) is -0.341. The predicted molar refractivity (Wildman–Crippen MR) is 56.3 cm³/mol. The van der Waals surface area contributed by atoms with E-state index < -0.39 is 5.97 Å². The van der Waals surface area contributed by atoms with E-state index in [1.807, 2.05) is 0 Å². The number of unbranched alkanes of at least 4 members (excludes halogenated alkanes) is 1. The highest BCUT2D eigenvalue weighted by atomic mass is 32.2. The zero-order chi connectivity index (χ0) is 10.8. The SMILES string of the molecule is NCCCCNC(=O)CSCC(=O)O. The molecular weight excluding hydrogens is 204 g/mol. The molecule has 0 rings (SSSR count). The number of nitrogens with one attached hydrogen (secondary N) is 1. The van der Waals surface area contributed by atoms with Gasteiger partial charge in [-0.3, -0.25) is 9.59 Å². The minimum Gasteiger partial charge on any atom is -0.481 e. The van der Waals surface area contributed by atoms with Crippen LogP contribution in [0.25, 0.3) is 0 Å². The molecule has 0 bridgehead atoms. The standard InChI is InChI=1S/C8H16N2O3S/c9-3-1-2-4-10-7(11)5-14-6-8(12)13/h1-6,9H2,(H,10,11)(H,12,13). The molecular formula is C8H16N2O3S. The molecule has 0 aliphatic carbocycles. The molecule has 4 N–H and O–H groups in total. The number of nitrogens with two attached hydrogens (primary N) is 1. The van der Waals surface area contributed by atoms with E-state index in [2.05, 4.69) is 5.32 Å². The summed E-state index contributed by atoms with van der Waals surface area (Å²) in [6, 6.07) is 0. The summed E-state index contributed by atoms with van der Waals surface area (Å²) >= 11 is 1.10. The Morgan fingerprint density at radius 2 is 2.00 bits per heavy atom. The normalized spacial score (nSPS) is 9.79. The van der Waals surface area contributed by atoms with E-state index in [0.717, 1.165) is 24.6 Å². The number of hydrogen-bond acceptors (Lipinski definition) is 4. The summed E-state index contributed by atoms with van der Waals surface area (Å²) < 4.78 is 0. The second kappa shape index (κ2) is 8.83. The Kier molecular flexibility index (Phi) is 8.36. The fraction of sp³-hybridized carbons (Fsp3) is 0.750. The Morgan fingerprint density at radius 1 is 1.29 bits per heavy atom. The molecule has 6 heteroatoms. The highest BCUT2D eigenvalue weighted by molar-refractivity contribution is 8.00. The number of carbonyl (C=O) groups excluding carboxylic acids is 1. The Morgan fingerprint density at radius 3 is 2.57 bits per heavy atom. The molecule has 5 nitrogen and oxygen atoms in total. The lowest BCUT2D eigenvalue weighted by Crippen LogP contribution is -2.26. The van der Waals surface area contributed by atoms with E-state index in [1.165, 1.54) is 0 Å². The molecule has 0 aliphatic heterocycles. The third-order valence-corrected chi connectivity index (χ3v) is 2.33. The molecule has 0 aromatic heterocycles. The fourth-order valence-corrected chi connectivity index (χ4v) is 1.34. The van der Waals surface area contributed by atoms with E-state index in [1.54, 1.807) is 0 Å². The number of aliphatic carboxylic acids is 1. The van der Waals surface area contributed by atoms with Gasteiger partial charge in [0.05, 0.1) is 11.5 Å². The van der Waals surface area contributed by atoms with Crippen molar-refractivity contribution in [2.45, 2.75) is 12.8 Å². The summed E-state index contributed by atoms with van der Waals surface area (Å²) in [6.45, 7) is 1.24. The number of carbonyl (C=O) groups is 2. The third-order valence-electron chi connectivity index (χ3n) is 1.41. The van der Waals surface area contributed by atoms with Crippen molar-refractivity contribution in [3.63, 3.8) is 0 Å². The second-order valence-corrected chi connectivity index (χ2v) is 3.72. The van der Waals surface area contributed by atoms with Gasteiger partial charge in [0.25, 0.3) is 0 Å². The van der Waals surface area contributed by atoms with E-state index in [-0.39, 0.29) is 17.4 Å². The largest absolute Gasteiger partial charge is 0.481 e. The smallest absolute Gasteiger partial charge is 0.313 e. The summed E-state index contributed by atoms with van der Waals surface area (Å²) in [5.74, 6) is -0.843. The van der Waals surface area contributed by atoms with Crippen LogP contribution in [0.2, 0.25) is 0 Å². The van der Waals surface area contributed by atoms with Crippen molar-refractivity contribution in [2.24, 2.45) is 5.73 Å². The van der Waals surface area contributed by atoms with Crippen molar-refractivity contribution < 1.29 is 14.7 Å². The van der Waals surface area contributed by atoms with Crippen molar-refractivity contribution in [1.29, 1.82) is 0 Å². The van der Waals surface area contributed by atoms with Crippen LogP contribution < -0.4 is 11.1 Å². The molecule has 0 aromatic carbocycles. The van der Waals surface area contributed by atoms with E-state index in [9.17, 15) is 9.59 Å². The summed E-state index contributed by atoms with van der Waals surface area (Å²) in [5.41, 5.74) is 5.28. The zero-order valence-corrected chi connectivity index (χ0v) is 8.81. The highest BCUT2D eigenvalue weighted by Gasteiger charge is 2.02. The Labute approximate surface area is 87.4 Å². The molecule has 0 atom stereocenters. The van der Waals surface area contributed by atoms with Gasteiger partial charge in [0.2, 0.25) is 5.91 Å². The van der Waals surface area contributed by atoms with Gasteiger partial charge in [-0.05, 0) is 19.4 Å². The van der Waals surface area contributed by atoms with Crippen molar-refractivity contribution in [3.05, 3.63) is 0 Å². The van der Waals surface area contributed by atoms with Crippen LogP contribution in [-0.4, -0.2) is 41.6 Å². The zero-order valence-electron chi connectivity index (χ0n) is 7.99. The lowest BCUT2D eigenvalue weighted by Gasteiger charge is -2.03. The van der Waals surface area contributed by atoms with Crippen LogP contribution in [0.3, 0.4) is 0 Å². The fourth-order valence-electron chi connectivity index (χ4n) is 0.779.